The van der Waals surface area contributed by atoms with Crippen molar-refractivity contribution in [1.29, 1.82) is 0 Å². The molecule has 0 aliphatic carbocycles. The van der Waals surface area contributed by atoms with Gasteiger partial charge in [-0.3, -0.25) is 0 Å². The SMILES string of the molecule is CCC[C@@H]1CCC[C@H](CCO)N1C(=O)OC. The molecule has 0 bridgehead atoms. The van der Waals surface area contributed by atoms with Gasteiger partial charge in [-0.05, 0) is 32.1 Å². The van der Waals surface area contributed by atoms with Gasteiger partial charge in [-0.15, -0.1) is 0 Å². The van der Waals surface area contributed by atoms with Crippen molar-refractivity contribution in [3.8, 4) is 0 Å². The van der Waals surface area contributed by atoms with E-state index >= 15 is 0 Å². The molecule has 0 aromatic heterocycles. The topological polar surface area (TPSA) is 49.8 Å². The van der Waals surface area contributed by atoms with Gasteiger partial charge in [0.1, 0.15) is 0 Å². The van der Waals surface area contributed by atoms with E-state index < -0.39 is 0 Å². The molecule has 2 atom stereocenters. The van der Waals surface area contributed by atoms with Crippen molar-refractivity contribution in [3.63, 3.8) is 0 Å². The van der Waals surface area contributed by atoms with E-state index in [0.717, 1.165) is 32.1 Å². The number of hydrogen-bond acceptors (Lipinski definition) is 3. The van der Waals surface area contributed by atoms with Crippen molar-refractivity contribution in [2.45, 2.75) is 57.5 Å². The lowest BCUT2D eigenvalue weighted by Crippen LogP contribution is -2.50. The molecule has 4 heteroatoms. The molecule has 16 heavy (non-hydrogen) atoms. The van der Waals surface area contributed by atoms with E-state index in [1.807, 2.05) is 4.90 Å². The molecule has 94 valence electrons. The Morgan fingerprint density at radius 1 is 1.38 bits per heavy atom. The van der Waals surface area contributed by atoms with Gasteiger partial charge in [0.25, 0.3) is 0 Å². The highest BCUT2D eigenvalue weighted by Crippen LogP contribution is 2.28. The second-order valence-corrected chi connectivity index (χ2v) is 4.42. The highest BCUT2D eigenvalue weighted by atomic mass is 16.5. The first-order valence-corrected chi connectivity index (χ1v) is 6.21. The van der Waals surface area contributed by atoms with Crippen LogP contribution in [0, 0.1) is 0 Å². The quantitative estimate of drug-likeness (QED) is 0.803. The minimum Gasteiger partial charge on any atom is -0.453 e. The number of hydrogen-bond donors (Lipinski definition) is 1. The van der Waals surface area contributed by atoms with Crippen LogP contribution in [0.3, 0.4) is 0 Å². The predicted molar refractivity (Wildman–Crippen MR) is 62.3 cm³/mol. The molecule has 1 aliphatic rings. The van der Waals surface area contributed by atoms with Gasteiger partial charge < -0.3 is 14.7 Å². The molecule has 1 aliphatic heterocycles. The number of carbonyl (C=O) groups excluding carboxylic acids is 1. The summed E-state index contributed by atoms with van der Waals surface area (Å²) in [5.41, 5.74) is 0. The number of rotatable bonds is 4. The molecule has 0 unspecified atom stereocenters. The van der Waals surface area contributed by atoms with Crippen LogP contribution in [0.5, 0.6) is 0 Å². The second kappa shape index (κ2) is 6.74. The molecule has 0 aromatic carbocycles. The summed E-state index contributed by atoms with van der Waals surface area (Å²) < 4.78 is 4.85. The van der Waals surface area contributed by atoms with E-state index in [-0.39, 0.29) is 18.7 Å². The van der Waals surface area contributed by atoms with Gasteiger partial charge >= 0.3 is 6.09 Å². The minimum atomic E-state index is -0.239. The molecule has 0 aromatic rings. The van der Waals surface area contributed by atoms with E-state index in [0.29, 0.717) is 12.5 Å². The number of nitrogens with zero attached hydrogens (tertiary/aromatic N) is 1. The Kier molecular flexibility index (Phi) is 5.60. The largest absolute Gasteiger partial charge is 0.453 e. The lowest BCUT2D eigenvalue weighted by molar-refractivity contribution is 0.0463. The van der Waals surface area contributed by atoms with Gasteiger partial charge in [0, 0.05) is 18.7 Å². The van der Waals surface area contributed by atoms with Crippen LogP contribution in [0.4, 0.5) is 4.79 Å². The van der Waals surface area contributed by atoms with Gasteiger partial charge in [-0.1, -0.05) is 13.3 Å². The third kappa shape index (κ3) is 3.11. The zero-order valence-electron chi connectivity index (χ0n) is 10.3. The number of ether oxygens (including phenoxy) is 1. The molecule has 1 heterocycles. The number of aliphatic hydroxyl groups excluding tert-OH is 1. The van der Waals surface area contributed by atoms with Gasteiger partial charge in [0.05, 0.1) is 7.11 Å². The maximum atomic E-state index is 11.8. The van der Waals surface area contributed by atoms with Crippen LogP contribution in [0.2, 0.25) is 0 Å². The van der Waals surface area contributed by atoms with Gasteiger partial charge in [0.2, 0.25) is 0 Å². The lowest BCUT2D eigenvalue weighted by atomic mass is 9.92. The summed E-state index contributed by atoms with van der Waals surface area (Å²) in [5.74, 6) is 0. The van der Waals surface area contributed by atoms with Crippen molar-refractivity contribution < 1.29 is 14.6 Å². The monoisotopic (exact) mass is 229 g/mol. The fourth-order valence-electron chi connectivity index (χ4n) is 2.62. The predicted octanol–water partition coefficient (Wildman–Crippen LogP) is 2.16. The first-order valence-electron chi connectivity index (χ1n) is 6.21. The van der Waals surface area contributed by atoms with Crippen molar-refractivity contribution in [3.05, 3.63) is 0 Å². The Hall–Kier alpha value is -0.770. The van der Waals surface area contributed by atoms with Crippen LogP contribution in [-0.4, -0.2) is 41.9 Å². The fourth-order valence-corrected chi connectivity index (χ4v) is 2.62. The standard InChI is InChI=1S/C12H23NO3/c1-3-5-10-6-4-7-11(8-9-14)13(10)12(15)16-2/h10-11,14H,3-9H2,1-2H3/t10-,11-/m1/s1. The third-order valence-corrected chi connectivity index (χ3v) is 3.33. The molecular formula is C12H23NO3. The molecule has 4 nitrogen and oxygen atoms in total. The summed E-state index contributed by atoms with van der Waals surface area (Å²) in [6.07, 6.45) is 5.71. The Labute approximate surface area is 97.6 Å². The number of piperidine rings is 1. The minimum absolute atomic E-state index is 0.136. The van der Waals surface area contributed by atoms with Crippen LogP contribution in [0.15, 0.2) is 0 Å². The average Bonchev–Trinajstić information content (AvgIpc) is 2.29. The molecule has 1 rings (SSSR count). The highest BCUT2D eigenvalue weighted by Gasteiger charge is 2.33. The van der Waals surface area contributed by atoms with Gasteiger partial charge in [-0.2, -0.15) is 0 Å². The van der Waals surface area contributed by atoms with Crippen LogP contribution in [0.1, 0.15) is 45.4 Å². The fraction of sp³-hybridized carbons (Fsp3) is 0.917. The number of aliphatic hydroxyl groups is 1. The van der Waals surface area contributed by atoms with Crippen LogP contribution in [0.25, 0.3) is 0 Å². The van der Waals surface area contributed by atoms with E-state index in [9.17, 15) is 4.79 Å². The number of methoxy groups -OCH3 is 1. The van der Waals surface area contributed by atoms with Crippen molar-refractivity contribution in [2.24, 2.45) is 0 Å². The summed E-state index contributed by atoms with van der Waals surface area (Å²) in [5, 5.41) is 9.03. The zero-order chi connectivity index (χ0) is 12.0. The van der Waals surface area contributed by atoms with E-state index in [4.69, 9.17) is 9.84 Å². The summed E-state index contributed by atoms with van der Waals surface area (Å²) in [7, 11) is 1.43. The molecule has 1 saturated heterocycles. The second-order valence-electron chi connectivity index (χ2n) is 4.42. The summed E-state index contributed by atoms with van der Waals surface area (Å²) in [6.45, 7) is 2.27. The Morgan fingerprint density at radius 3 is 2.50 bits per heavy atom. The highest BCUT2D eigenvalue weighted by molar-refractivity contribution is 5.68. The van der Waals surface area contributed by atoms with Gasteiger partial charge in [0.15, 0.2) is 0 Å². The van der Waals surface area contributed by atoms with E-state index in [1.165, 1.54) is 7.11 Å². The average molecular weight is 229 g/mol. The lowest BCUT2D eigenvalue weighted by Gasteiger charge is -2.41. The Balaban J connectivity index is 2.71. The summed E-state index contributed by atoms with van der Waals surface area (Å²) in [4.78, 5) is 13.6. The number of carbonyl (C=O) groups is 1. The molecule has 1 N–H and O–H groups in total. The smallest absolute Gasteiger partial charge is 0.409 e. The molecule has 0 radical (unpaired) electrons. The van der Waals surface area contributed by atoms with Crippen molar-refractivity contribution >= 4 is 6.09 Å². The van der Waals surface area contributed by atoms with Crippen molar-refractivity contribution in [1.82, 2.24) is 4.90 Å². The summed E-state index contributed by atoms with van der Waals surface area (Å²) >= 11 is 0. The Morgan fingerprint density at radius 2 is 2.00 bits per heavy atom. The zero-order valence-corrected chi connectivity index (χ0v) is 10.3. The number of likely N-dealkylation sites (tertiary alicyclic amines) is 1. The molecule has 0 spiro atoms. The maximum absolute atomic E-state index is 11.8. The van der Waals surface area contributed by atoms with Crippen LogP contribution in [-0.2, 0) is 4.74 Å². The Bertz CT molecular complexity index is 202. The maximum Gasteiger partial charge on any atom is 0.409 e. The molecule has 1 amide bonds. The number of amides is 1. The normalized spacial score (nSPS) is 25.6. The van der Waals surface area contributed by atoms with Gasteiger partial charge in [-0.25, -0.2) is 4.79 Å². The first-order chi connectivity index (χ1) is 7.74. The molecule has 1 fully saturated rings. The van der Waals surface area contributed by atoms with Crippen LogP contribution >= 0.6 is 0 Å². The van der Waals surface area contributed by atoms with Crippen molar-refractivity contribution in [2.75, 3.05) is 13.7 Å². The van der Waals surface area contributed by atoms with Crippen LogP contribution < -0.4 is 0 Å². The molecular weight excluding hydrogens is 206 g/mol. The van der Waals surface area contributed by atoms with E-state index in [2.05, 4.69) is 6.92 Å². The van der Waals surface area contributed by atoms with E-state index in [1.54, 1.807) is 0 Å². The third-order valence-electron chi connectivity index (χ3n) is 3.33. The molecule has 0 saturated carbocycles. The first kappa shape index (κ1) is 13.3. The summed E-state index contributed by atoms with van der Waals surface area (Å²) in [6, 6.07) is 0.450.